The van der Waals surface area contributed by atoms with Gasteiger partial charge in [0.05, 0.1) is 0 Å². The Labute approximate surface area is 86.5 Å². The highest BCUT2D eigenvalue weighted by Gasteiger charge is 2.56. The fourth-order valence-electron chi connectivity index (χ4n) is 2.73. The van der Waals surface area contributed by atoms with Gasteiger partial charge in [0.2, 0.25) is 0 Å². The van der Waals surface area contributed by atoms with Crippen molar-refractivity contribution in [3.05, 3.63) is 33.8 Å². The molecular formula is C11H12BrN. The molecule has 1 nitrogen and oxygen atoms in total. The second kappa shape index (κ2) is 2.37. The molecule has 2 aliphatic carbocycles. The largest absolute Gasteiger partial charge is 0.327 e. The van der Waals surface area contributed by atoms with Crippen molar-refractivity contribution in [2.45, 2.75) is 30.7 Å². The second-order valence-corrected chi connectivity index (χ2v) is 5.10. The van der Waals surface area contributed by atoms with Crippen LogP contribution < -0.4 is 5.73 Å². The lowest BCUT2D eigenvalue weighted by atomic mass is 9.98. The second-order valence-electron chi connectivity index (χ2n) is 4.24. The van der Waals surface area contributed by atoms with Crippen LogP contribution in [0.3, 0.4) is 0 Å². The number of aryl methyl sites for hydroxylation is 1. The van der Waals surface area contributed by atoms with E-state index in [-0.39, 0.29) is 0 Å². The number of fused-ring (bicyclic) bond motifs is 2. The van der Waals surface area contributed by atoms with E-state index in [2.05, 4.69) is 34.1 Å². The lowest BCUT2D eigenvalue weighted by Crippen LogP contribution is -2.15. The monoisotopic (exact) mass is 237 g/mol. The Morgan fingerprint density at radius 3 is 2.92 bits per heavy atom. The molecule has 13 heavy (non-hydrogen) atoms. The first kappa shape index (κ1) is 8.01. The first-order valence-electron chi connectivity index (χ1n) is 4.77. The van der Waals surface area contributed by atoms with Crippen LogP contribution in [0.15, 0.2) is 22.7 Å². The van der Waals surface area contributed by atoms with Crippen molar-refractivity contribution in [1.82, 2.24) is 0 Å². The van der Waals surface area contributed by atoms with Gasteiger partial charge in [0, 0.05) is 15.9 Å². The molecule has 1 spiro atoms. The van der Waals surface area contributed by atoms with Gasteiger partial charge in [-0.1, -0.05) is 28.1 Å². The highest BCUT2D eigenvalue weighted by molar-refractivity contribution is 9.10. The zero-order chi connectivity index (χ0) is 9.05. The van der Waals surface area contributed by atoms with Crippen molar-refractivity contribution in [2.24, 2.45) is 5.73 Å². The summed E-state index contributed by atoms with van der Waals surface area (Å²) >= 11 is 3.63. The van der Waals surface area contributed by atoms with E-state index in [1.165, 1.54) is 34.9 Å². The molecule has 0 aliphatic heterocycles. The van der Waals surface area contributed by atoms with Gasteiger partial charge >= 0.3 is 0 Å². The minimum atomic E-state index is 0.357. The number of nitrogens with two attached hydrogens (primary N) is 1. The molecule has 2 atom stereocenters. The van der Waals surface area contributed by atoms with Crippen LogP contribution >= 0.6 is 15.9 Å². The van der Waals surface area contributed by atoms with Crippen LogP contribution in [0.5, 0.6) is 0 Å². The average molecular weight is 238 g/mol. The first-order valence-corrected chi connectivity index (χ1v) is 5.57. The van der Waals surface area contributed by atoms with Gasteiger partial charge in [0.15, 0.2) is 0 Å². The van der Waals surface area contributed by atoms with Gasteiger partial charge in [0.25, 0.3) is 0 Å². The van der Waals surface area contributed by atoms with Crippen LogP contribution in [0.25, 0.3) is 0 Å². The van der Waals surface area contributed by atoms with E-state index in [9.17, 15) is 0 Å². The van der Waals surface area contributed by atoms with Crippen molar-refractivity contribution in [1.29, 1.82) is 0 Å². The Bertz CT molecular complexity index is 374. The summed E-state index contributed by atoms with van der Waals surface area (Å²) in [7, 11) is 0. The summed E-state index contributed by atoms with van der Waals surface area (Å²) in [6.07, 6.45) is 3.65. The normalized spacial score (nSPS) is 35.1. The van der Waals surface area contributed by atoms with Gasteiger partial charge in [-0.2, -0.15) is 0 Å². The molecule has 3 rings (SSSR count). The number of hydrogen-bond acceptors (Lipinski definition) is 1. The van der Waals surface area contributed by atoms with Crippen LogP contribution in [-0.2, 0) is 11.8 Å². The summed E-state index contributed by atoms with van der Waals surface area (Å²) < 4.78 is 1.26. The standard InChI is InChI=1S/C11H12BrN/c12-8-3-1-2-7-4-5-11(10(7)8)6-9(11)13/h1-3,9H,4-6,13H2/t9-,11?/m0/s1. The summed E-state index contributed by atoms with van der Waals surface area (Å²) in [5, 5.41) is 0. The van der Waals surface area contributed by atoms with Crippen molar-refractivity contribution in [3.63, 3.8) is 0 Å². The molecule has 2 heteroatoms. The summed E-state index contributed by atoms with van der Waals surface area (Å²) in [6, 6.07) is 6.90. The van der Waals surface area contributed by atoms with Gasteiger partial charge in [-0.15, -0.1) is 0 Å². The average Bonchev–Trinajstić information content (AvgIpc) is 2.58. The van der Waals surface area contributed by atoms with E-state index >= 15 is 0 Å². The Kier molecular flexibility index (Phi) is 1.46. The van der Waals surface area contributed by atoms with Gasteiger partial charge < -0.3 is 5.73 Å². The summed E-state index contributed by atoms with van der Waals surface area (Å²) in [4.78, 5) is 0. The van der Waals surface area contributed by atoms with Gasteiger partial charge in [0.1, 0.15) is 0 Å². The topological polar surface area (TPSA) is 26.0 Å². The number of rotatable bonds is 0. The maximum atomic E-state index is 6.03. The number of benzene rings is 1. The molecule has 1 aromatic rings. The van der Waals surface area contributed by atoms with Crippen LogP contribution in [0.1, 0.15) is 24.0 Å². The Balaban J connectivity index is 2.21. The molecule has 0 radical (unpaired) electrons. The Hall–Kier alpha value is -0.340. The quantitative estimate of drug-likeness (QED) is 0.737. The molecule has 0 heterocycles. The molecule has 68 valence electrons. The Morgan fingerprint density at radius 1 is 1.46 bits per heavy atom. The summed E-state index contributed by atoms with van der Waals surface area (Å²) in [6.45, 7) is 0. The molecule has 0 bridgehead atoms. The molecule has 1 fully saturated rings. The molecule has 0 saturated heterocycles. The molecule has 1 saturated carbocycles. The highest BCUT2D eigenvalue weighted by Crippen LogP contribution is 2.57. The van der Waals surface area contributed by atoms with E-state index < -0.39 is 0 Å². The maximum Gasteiger partial charge on any atom is 0.0216 e. The smallest absolute Gasteiger partial charge is 0.0216 e. The van der Waals surface area contributed by atoms with Crippen LogP contribution in [0.2, 0.25) is 0 Å². The SMILES string of the molecule is N[C@H]1CC12CCc1cccc(Br)c12. The van der Waals surface area contributed by atoms with Crippen molar-refractivity contribution < 1.29 is 0 Å². The first-order chi connectivity index (χ1) is 6.24. The van der Waals surface area contributed by atoms with E-state index in [1.807, 2.05) is 0 Å². The molecule has 1 aromatic carbocycles. The van der Waals surface area contributed by atoms with E-state index in [4.69, 9.17) is 5.73 Å². The third kappa shape index (κ3) is 0.906. The van der Waals surface area contributed by atoms with Gasteiger partial charge in [-0.3, -0.25) is 0 Å². The minimum Gasteiger partial charge on any atom is -0.327 e. The van der Waals surface area contributed by atoms with E-state index in [0.29, 0.717) is 11.5 Å². The van der Waals surface area contributed by atoms with Crippen LogP contribution in [-0.4, -0.2) is 6.04 Å². The van der Waals surface area contributed by atoms with Crippen LogP contribution in [0, 0.1) is 0 Å². The number of halogens is 1. The molecule has 2 N–H and O–H groups in total. The molecule has 1 unspecified atom stereocenters. The molecule has 2 aliphatic rings. The third-order valence-corrected chi connectivity index (χ3v) is 4.23. The lowest BCUT2D eigenvalue weighted by molar-refractivity contribution is 0.649. The van der Waals surface area contributed by atoms with Crippen molar-refractivity contribution in [3.8, 4) is 0 Å². The highest BCUT2D eigenvalue weighted by atomic mass is 79.9. The zero-order valence-corrected chi connectivity index (χ0v) is 8.97. The fraction of sp³-hybridized carbons (Fsp3) is 0.455. The number of hydrogen-bond donors (Lipinski definition) is 1. The summed E-state index contributed by atoms with van der Waals surface area (Å²) in [5.74, 6) is 0. The third-order valence-electron chi connectivity index (χ3n) is 3.57. The minimum absolute atomic E-state index is 0.357. The van der Waals surface area contributed by atoms with Crippen molar-refractivity contribution in [2.75, 3.05) is 0 Å². The van der Waals surface area contributed by atoms with Gasteiger partial charge in [-0.05, 0) is 36.5 Å². The van der Waals surface area contributed by atoms with E-state index in [0.717, 1.165) is 0 Å². The van der Waals surface area contributed by atoms with Crippen molar-refractivity contribution >= 4 is 15.9 Å². The maximum absolute atomic E-state index is 6.03. The molecule has 0 aromatic heterocycles. The van der Waals surface area contributed by atoms with Crippen LogP contribution in [0.4, 0.5) is 0 Å². The predicted molar refractivity (Wildman–Crippen MR) is 56.7 cm³/mol. The van der Waals surface area contributed by atoms with E-state index in [1.54, 1.807) is 0 Å². The fourth-order valence-corrected chi connectivity index (χ4v) is 3.53. The van der Waals surface area contributed by atoms with Gasteiger partial charge in [-0.25, -0.2) is 0 Å². The summed E-state index contributed by atoms with van der Waals surface area (Å²) in [5.41, 5.74) is 9.39. The predicted octanol–water partition coefficient (Wildman–Crippen LogP) is 2.36. The lowest BCUT2D eigenvalue weighted by Gasteiger charge is -2.11. The molecular weight excluding hydrogens is 226 g/mol. The zero-order valence-electron chi connectivity index (χ0n) is 7.39. The molecule has 0 amide bonds. The Morgan fingerprint density at radius 2 is 2.23 bits per heavy atom.